The maximum absolute atomic E-state index is 12.4. The third-order valence-corrected chi connectivity index (χ3v) is 3.93. The molecule has 1 aliphatic heterocycles. The Kier molecular flexibility index (Phi) is 4.62. The van der Waals surface area contributed by atoms with Crippen LogP contribution in [0.25, 0.3) is 0 Å². The van der Waals surface area contributed by atoms with Gasteiger partial charge in [-0.25, -0.2) is 9.97 Å². The molecule has 1 aromatic carbocycles. The highest BCUT2D eigenvalue weighted by molar-refractivity contribution is 6.31. The highest BCUT2D eigenvalue weighted by Crippen LogP contribution is 2.24. The van der Waals surface area contributed by atoms with Crippen LogP contribution in [0.3, 0.4) is 0 Å². The number of benzene rings is 1. The molecule has 23 heavy (non-hydrogen) atoms. The predicted molar refractivity (Wildman–Crippen MR) is 89.4 cm³/mol. The molecule has 7 heteroatoms. The first-order chi connectivity index (χ1) is 11.2. The van der Waals surface area contributed by atoms with E-state index in [9.17, 15) is 4.79 Å². The Morgan fingerprint density at radius 3 is 2.61 bits per heavy atom. The lowest BCUT2D eigenvalue weighted by Crippen LogP contribution is -2.20. The van der Waals surface area contributed by atoms with Gasteiger partial charge in [0.15, 0.2) is 0 Å². The van der Waals surface area contributed by atoms with Gasteiger partial charge in [0.05, 0.1) is 30.8 Å². The maximum Gasteiger partial charge on any atom is 0.259 e. The summed E-state index contributed by atoms with van der Waals surface area (Å²) >= 11 is 5.95. The van der Waals surface area contributed by atoms with Crippen LogP contribution in [-0.2, 0) is 0 Å². The Morgan fingerprint density at radius 2 is 1.96 bits per heavy atom. The van der Waals surface area contributed by atoms with Crippen LogP contribution in [0.4, 0.5) is 11.6 Å². The van der Waals surface area contributed by atoms with Crippen molar-refractivity contribution in [3.05, 3.63) is 41.2 Å². The molecule has 1 saturated heterocycles. The van der Waals surface area contributed by atoms with Crippen LogP contribution < -0.4 is 15.0 Å². The summed E-state index contributed by atoms with van der Waals surface area (Å²) in [5.41, 5.74) is 0.892. The molecule has 2 aromatic rings. The van der Waals surface area contributed by atoms with Crippen LogP contribution >= 0.6 is 11.6 Å². The number of carbonyl (C=O) groups excluding carboxylic acids is 1. The van der Waals surface area contributed by atoms with E-state index in [-0.39, 0.29) is 5.91 Å². The van der Waals surface area contributed by atoms with Gasteiger partial charge in [-0.1, -0.05) is 11.6 Å². The summed E-state index contributed by atoms with van der Waals surface area (Å²) in [6.07, 6.45) is 5.54. The molecule has 0 spiro atoms. The number of amides is 1. The lowest BCUT2D eigenvalue weighted by Gasteiger charge is -2.15. The van der Waals surface area contributed by atoms with Gasteiger partial charge in [-0.3, -0.25) is 4.79 Å². The highest BCUT2D eigenvalue weighted by Gasteiger charge is 2.16. The summed E-state index contributed by atoms with van der Waals surface area (Å²) < 4.78 is 5.19. The fraction of sp³-hybridized carbons (Fsp3) is 0.312. The van der Waals surface area contributed by atoms with E-state index in [1.165, 1.54) is 7.11 Å². The number of hydrogen-bond donors (Lipinski definition) is 1. The van der Waals surface area contributed by atoms with Crippen LogP contribution in [0, 0.1) is 0 Å². The Morgan fingerprint density at radius 1 is 1.26 bits per heavy atom. The molecule has 3 rings (SSSR count). The van der Waals surface area contributed by atoms with Gasteiger partial charge in [0.2, 0.25) is 5.95 Å². The van der Waals surface area contributed by atoms with Gasteiger partial charge >= 0.3 is 0 Å². The Balaban J connectivity index is 1.74. The summed E-state index contributed by atoms with van der Waals surface area (Å²) in [5, 5.41) is 3.23. The zero-order valence-corrected chi connectivity index (χ0v) is 13.5. The molecule has 1 aromatic heterocycles. The summed E-state index contributed by atoms with van der Waals surface area (Å²) in [6.45, 7) is 1.96. The van der Waals surface area contributed by atoms with E-state index in [0.29, 0.717) is 28.0 Å². The molecule has 1 aliphatic rings. The molecule has 0 bridgehead atoms. The van der Waals surface area contributed by atoms with Crippen molar-refractivity contribution in [2.45, 2.75) is 12.8 Å². The van der Waals surface area contributed by atoms with Gasteiger partial charge in [-0.05, 0) is 31.0 Å². The number of nitrogens with zero attached hydrogens (tertiary/aromatic N) is 3. The van der Waals surface area contributed by atoms with Gasteiger partial charge < -0.3 is 15.0 Å². The summed E-state index contributed by atoms with van der Waals surface area (Å²) in [4.78, 5) is 23.1. The maximum atomic E-state index is 12.4. The van der Waals surface area contributed by atoms with Crippen LogP contribution in [-0.4, -0.2) is 36.1 Å². The normalized spacial score (nSPS) is 13.9. The molecule has 120 valence electrons. The van der Waals surface area contributed by atoms with Crippen LogP contribution in [0.1, 0.15) is 23.2 Å². The van der Waals surface area contributed by atoms with Gasteiger partial charge in [0.1, 0.15) is 5.75 Å². The lowest BCUT2D eigenvalue weighted by atomic mass is 10.2. The molecule has 2 heterocycles. The van der Waals surface area contributed by atoms with Gasteiger partial charge in [0.25, 0.3) is 5.91 Å². The second-order valence-corrected chi connectivity index (χ2v) is 5.70. The number of ether oxygens (including phenoxy) is 1. The van der Waals surface area contributed by atoms with E-state index in [4.69, 9.17) is 16.3 Å². The number of hydrogen-bond acceptors (Lipinski definition) is 5. The van der Waals surface area contributed by atoms with E-state index in [2.05, 4.69) is 20.2 Å². The van der Waals surface area contributed by atoms with Crippen molar-refractivity contribution in [3.63, 3.8) is 0 Å². The monoisotopic (exact) mass is 332 g/mol. The van der Waals surface area contributed by atoms with Gasteiger partial charge in [-0.15, -0.1) is 0 Å². The Hall–Kier alpha value is -2.34. The fourth-order valence-electron chi connectivity index (χ4n) is 2.52. The summed E-state index contributed by atoms with van der Waals surface area (Å²) in [7, 11) is 1.51. The minimum Gasteiger partial charge on any atom is -0.496 e. The van der Waals surface area contributed by atoms with Gasteiger partial charge in [-0.2, -0.15) is 0 Å². The van der Waals surface area contributed by atoms with Crippen molar-refractivity contribution in [3.8, 4) is 5.75 Å². The van der Waals surface area contributed by atoms with Crippen molar-refractivity contribution in [2.24, 2.45) is 0 Å². The van der Waals surface area contributed by atoms with E-state index >= 15 is 0 Å². The van der Waals surface area contributed by atoms with E-state index < -0.39 is 0 Å². The standard InChI is InChI=1S/C16H17ClN4O2/c1-23-14-5-4-11(17)8-13(14)15(22)20-12-9-18-16(19-10-12)21-6-2-3-7-21/h4-5,8-10H,2-3,6-7H2,1H3,(H,20,22). The Labute approximate surface area is 139 Å². The summed E-state index contributed by atoms with van der Waals surface area (Å²) in [5.74, 6) is 0.837. The number of nitrogens with one attached hydrogen (secondary N) is 1. The van der Waals surface area contributed by atoms with E-state index in [1.54, 1.807) is 30.6 Å². The second kappa shape index (κ2) is 6.83. The van der Waals surface area contributed by atoms with Crippen molar-refractivity contribution in [1.82, 2.24) is 9.97 Å². The topological polar surface area (TPSA) is 67.3 Å². The molecule has 1 fully saturated rings. The lowest BCUT2D eigenvalue weighted by molar-refractivity contribution is 0.102. The van der Waals surface area contributed by atoms with Gasteiger partial charge in [0, 0.05) is 18.1 Å². The summed E-state index contributed by atoms with van der Waals surface area (Å²) in [6, 6.07) is 4.89. The molecule has 0 unspecified atom stereocenters. The second-order valence-electron chi connectivity index (χ2n) is 5.26. The first kappa shape index (κ1) is 15.6. The van der Waals surface area contributed by atoms with Crippen molar-refractivity contribution < 1.29 is 9.53 Å². The largest absolute Gasteiger partial charge is 0.496 e. The molecule has 0 aliphatic carbocycles. The number of aromatic nitrogens is 2. The number of methoxy groups -OCH3 is 1. The predicted octanol–water partition coefficient (Wildman–Crippen LogP) is 2.99. The number of rotatable bonds is 4. The molecule has 1 amide bonds. The minimum absolute atomic E-state index is 0.318. The quantitative estimate of drug-likeness (QED) is 0.932. The van der Waals surface area contributed by atoms with E-state index in [0.717, 1.165) is 25.9 Å². The van der Waals surface area contributed by atoms with Crippen molar-refractivity contribution in [2.75, 3.05) is 30.4 Å². The SMILES string of the molecule is COc1ccc(Cl)cc1C(=O)Nc1cnc(N2CCCC2)nc1. The van der Waals surface area contributed by atoms with Crippen molar-refractivity contribution in [1.29, 1.82) is 0 Å². The van der Waals surface area contributed by atoms with Crippen LogP contribution in [0.2, 0.25) is 5.02 Å². The molecule has 0 atom stereocenters. The molecule has 6 nitrogen and oxygen atoms in total. The van der Waals surface area contributed by atoms with E-state index in [1.807, 2.05) is 0 Å². The Bertz CT molecular complexity index is 700. The van der Waals surface area contributed by atoms with Crippen molar-refractivity contribution >= 4 is 29.1 Å². The van der Waals surface area contributed by atoms with Crippen LogP contribution in [0.5, 0.6) is 5.75 Å². The first-order valence-corrected chi connectivity index (χ1v) is 7.77. The average molecular weight is 333 g/mol. The number of carbonyl (C=O) groups is 1. The molecule has 1 N–H and O–H groups in total. The zero-order valence-electron chi connectivity index (χ0n) is 12.8. The third-order valence-electron chi connectivity index (χ3n) is 3.69. The number of anilines is 2. The smallest absolute Gasteiger partial charge is 0.259 e. The first-order valence-electron chi connectivity index (χ1n) is 7.39. The van der Waals surface area contributed by atoms with Crippen LogP contribution in [0.15, 0.2) is 30.6 Å². The fourth-order valence-corrected chi connectivity index (χ4v) is 2.69. The number of halogens is 1. The molecule has 0 saturated carbocycles. The third kappa shape index (κ3) is 3.53. The highest BCUT2D eigenvalue weighted by atomic mass is 35.5. The zero-order chi connectivity index (χ0) is 16.2. The average Bonchev–Trinajstić information content (AvgIpc) is 3.10. The molecular weight excluding hydrogens is 316 g/mol. The minimum atomic E-state index is -0.318. The molecule has 0 radical (unpaired) electrons. The molecular formula is C16H17ClN4O2.